The van der Waals surface area contributed by atoms with E-state index in [0.29, 0.717) is 17.6 Å². The normalized spacial score (nSPS) is 15.0. The van der Waals surface area contributed by atoms with Gasteiger partial charge in [-0.05, 0) is 5.92 Å². The van der Waals surface area contributed by atoms with Gasteiger partial charge in [0.25, 0.3) is 0 Å². The molecule has 0 radical (unpaired) electrons. The molecule has 0 saturated carbocycles. The van der Waals surface area contributed by atoms with Gasteiger partial charge in [0.05, 0.1) is 0 Å². The van der Waals surface area contributed by atoms with Crippen LogP contribution in [0, 0.1) is 5.92 Å². The molecular weight excluding hydrogens is 267 g/mol. The van der Waals surface area contributed by atoms with Crippen LogP contribution in [0.5, 0.6) is 0 Å². The second-order valence-electron chi connectivity index (χ2n) is 3.10. The van der Waals surface area contributed by atoms with E-state index in [2.05, 4.69) is 20.8 Å². The molecule has 0 aliphatic heterocycles. The molecule has 1 atom stereocenters. The van der Waals surface area contributed by atoms with E-state index >= 15 is 0 Å². The topological polar surface area (TPSA) is 0 Å². The quantitative estimate of drug-likeness (QED) is 0.503. The fourth-order valence-corrected chi connectivity index (χ4v) is 4.19. The van der Waals surface area contributed by atoms with Gasteiger partial charge in [-0.3, -0.25) is 0 Å². The Hall–Kier alpha value is 1.57. The largest absolute Gasteiger partial charge is 0.191 e. The van der Waals surface area contributed by atoms with E-state index in [9.17, 15) is 0 Å². The van der Waals surface area contributed by atoms with E-state index in [1.54, 1.807) is 0 Å². The summed E-state index contributed by atoms with van der Waals surface area (Å²) in [7, 11) is 3.65. The Morgan fingerprint density at radius 3 is 2.08 bits per heavy atom. The monoisotopic (exact) mass is 280 g/mol. The third kappa shape index (κ3) is 8.56. The summed E-state index contributed by atoms with van der Waals surface area (Å²) in [5.74, 6) is 1.63. The zero-order chi connectivity index (χ0) is 10.5. The van der Waals surface area contributed by atoms with Crippen molar-refractivity contribution in [2.45, 2.75) is 36.2 Å². The van der Waals surface area contributed by atoms with Crippen LogP contribution in [0.3, 0.4) is 0 Å². The van der Waals surface area contributed by atoms with Crippen LogP contribution in [-0.2, 0) is 0 Å². The zero-order valence-electron chi connectivity index (χ0n) is 8.02. The van der Waals surface area contributed by atoms with Gasteiger partial charge in [0.1, 0.15) is 0 Å². The molecule has 0 aliphatic rings. The summed E-state index contributed by atoms with van der Waals surface area (Å²) in [6, 6.07) is 0. The fraction of sp³-hybridized carbons (Fsp3) is 1.00. The molecule has 0 saturated heterocycles. The molecule has 5 heteroatoms. The zero-order valence-corrected chi connectivity index (χ0v) is 11.9. The highest BCUT2D eigenvalue weighted by Crippen LogP contribution is 2.41. The molecule has 80 valence electrons. The minimum Gasteiger partial charge on any atom is -0.0942 e. The first-order valence-corrected chi connectivity index (χ1v) is 7.73. The van der Waals surface area contributed by atoms with Gasteiger partial charge < -0.3 is 0 Å². The minimum atomic E-state index is -1.11. The van der Waals surface area contributed by atoms with Crippen molar-refractivity contribution in [2.24, 2.45) is 5.92 Å². The molecule has 0 bridgehead atoms. The highest BCUT2D eigenvalue weighted by Gasteiger charge is 2.27. The van der Waals surface area contributed by atoms with Gasteiger partial charge in [0.2, 0.25) is 0 Å². The molecule has 0 heterocycles. The number of halogens is 3. The van der Waals surface area contributed by atoms with Crippen molar-refractivity contribution in [3.63, 3.8) is 0 Å². The van der Waals surface area contributed by atoms with Crippen LogP contribution < -0.4 is 0 Å². The SMILES string of the molecule is CCSS[C@@H](CC(Cl)(Cl)Cl)C(C)C. The Morgan fingerprint density at radius 1 is 1.23 bits per heavy atom. The van der Waals surface area contributed by atoms with Crippen molar-refractivity contribution in [3.8, 4) is 0 Å². The highest BCUT2D eigenvalue weighted by atomic mass is 35.6. The maximum absolute atomic E-state index is 5.76. The van der Waals surface area contributed by atoms with Gasteiger partial charge in [-0.15, -0.1) is 0 Å². The molecule has 0 unspecified atom stereocenters. The number of hydrogen-bond acceptors (Lipinski definition) is 2. The van der Waals surface area contributed by atoms with Crippen LogP contribution in [-0.4, -0.2) is 14.8 Å². The lowest BCUT2D eigenvalue weighted by atomic mass is 10.1. The van der Waals surface area contributed by atoms with E-state index in [4.69, 9.17) is 34.8 Å². The maximum Gasteiger partial charge on any atom is 0.191 e. The van der Waals surface area contributed by atoms with Crippen LogP contribution in [0.4, 0.5) is 0 Å². The Morgan fingerprint density at radius 2 is 1.77 bits per heavy atom. The Bertz CT molecular complexity index is 134. The van der Waals surface area contributed by atoms with Crippen molar-refractivity contribution in [3.05, 3.63) is 0 Å². The van der Waals surface area contributed by atoms with Crippen LogP contribution in [0.1, 0.15) is 27.2 Å². The van der Waals surface area contributed by atoms with E-state index in [1.165, 1.54) is 0 Å². The van der Waals surface area contributed by atoms with Crippen LogP contribution in [0.2, 0.25) is 0 Å². The van der Waals surface area contributed by atoms with Crippen molar-refractivity contribution in [1.82, 2.24) is 0 Å². The molecule has 0 aromatic carbocycles. The maximum atomic E-state index is 5.76. The standard InChI is InChI=1S/C8H15Cl3S2/c1-4-12-13-7(6(2)3)5-8(9,10)11/h6-7H,4-5H2,1-3H3/t7-/m0/s1. The lowest BCUT2D eigenvalue weighted by Crippen LogP contribution is -2.18. The van der Waals surface area contributed by atoms with Crippen molar-refractivity contribution in [2.75, 3.05) is 5.75 Å². The summed E-state index contributed by atoms with van der Waals surface area (Å²) < 4.78 is -1.11. The summed E-state index contributed by atoms with van der Waals surface area (Å²) in [6.07, 6.45) is 0.618. The predicted octanol–water partition coefficient (Wildman–Crippen LogP) is 5.17. The van der Waals surface area contributed by atoms with Gasteiger partial charge in [-0.1, -0.05) is 77.2 Å². The fourth-order valence-electron chi connectivity index (χ4n) is 0.764. The first-order valence-electron chi connectivity index (χ1n) is 4.21. The Balaban J connectivity index is 3.95. The molecule has 0 N–H and O–H groups in total. The molecule has 0 aromatic heterocycles. The first kappa shape index (κ1) is 14.6. The van der Waals surface area contributed by atoms with Crippen LogP contribution >= 0.6 is 56.4 Å². The van der Waals surface area contributed by atoms with Crippen molar-refractivity contribution in [1.29, 1.82) is 0 Å². The highest BCUT2D eigenvalue weighted by molar-refractivity contribution is 8.76. The third-order valence-electron chi connectivity index (χ3n) is 1.49. The average Bonchev–Trinajstić information content (AvgIpc) is 1.95. The van der Waals surface area contributed by atoms with E-state index in [1.807, 2.05) is 21.6 Å². The minimum absolute atomic E-state index is 0.414. The lowest BCUT2D eigenvalue weighted by molar-refractivity contribution is 0.581. The van der Waals surface area contributed by atoms with Crippen LogP contribution in [0.25, 0.3) is 0 Å². The van der Waals surface area contributed by atoms with E-state index in [-0.39, 0.29) is 0 Å². The summed E-state index contributed by atoms with van der Waals surface area (Å²) >= 11 is 17.3. The summed E-state index contributed by atoms with van der Waals surface area (Å²) in [5, 5.41) is 0.414. The molecule has 0 aliphatic carbocycles. The van der Waals surface area contributed by atoms with Gasteiger partial charge in [-0.25, -0.2) is 0 Å². The first-order chi connectivity index (χ1) is 5.87. The molecule has 0 rings (SSSR count). The molecule has 13 heavy (non-hydrogen) atoms. The third-order valence-corrected chi connectivity index (χ3v) is 5.14. The summed E-state index contributed by atoms with van der Waals surface area (Å²) in [5.41, 5.74) is 0. The van der Waals surface area contributed by atoms with Crippen molar-refractivity contribution >= 4 is 56.4 Å². The molecule has 0 fully saturated rings. The number of hydrogen-bond donors (Lipinski definition) is 0. The number of rotatable bonds is 5. The average molecular weight is 282 g/mol. The molecule has 0 spiro atoms. The summed E-state index contributed by atoms with van der Waals surface area (Å²) in [6.45, 7) is 6.44. The Kier molecular flexibility index (Phi) is 7.78. The van der Waals surface area contributed by atoms with Gasteiger partial charge >= 0.3 is 0 Å². The lowest BCUT2D eigenvalue weighted by Gasteiger charge is -2.23. The Labute approximate surface area is 104 Å². The second kappa shape index (κ2) is 6.95. The number of alkyl halides is 3. The molecule has 0 nitrogen and oxygen atoms in total. The van der Waals surface area contributed by atoms with E-state index < -0.39 is 3.79 Å². The second-order valence-corrected chi connectivity index (χ2v) is 8.52. The van der Waals surface area contributed by atoms with Gasteiger partial charge in [0.15, 0.2) is 3.79 Å². The summed E-state index contributed by atoms with van der Waals surface area (Å²) in [4.78, 5) is 0. The predicted molar refractivity (Wildman–Crippen MR) is 69.3 cm³/mol. The van der Waals surface area contributed by atoms with Gasteiger partial charge in [-0.2, -0.15) is 0 Å². The van der Waals surface area contributed by atoms with Crippen molar-refractivity contribution < 1.29 is 0 Å². The molecule has 0 aromatic rings. The van der Waals surface area contributed by atoms with Crippen LogP contribution in [0.15, 0.2) is 0 Å². The van der Waals surface area contributed by atoms with E-state index in [0.717, 1.165) is 5.75 Å². The molecule has 0 amide bonds. The van der Waals surface area contributed by atoms with Gasteiger partial charge in [0, 0.05) is 17.4 Å². The smallest absolute Gasteiger partial charge is 0.0942 e. The molecular formula is C8H15Cl3S2.